The van der Waals surface area contributed by atoms with Crippen molar-refractivity contribution < 1.29 is 14.0 Å². The first kappa shape index (κ1) is 16.1. The summed E-state index contributed by atoms with van der Waals surface area (Å²) in [6.45, 7) is 3.11. The fourth-order valence-electron chi connectivity index (χ4n) is 3.39. The second kappa shape index (κ2) is 7.64. The molecule has 2 fully saturated rings. The van der Waals surface area contributed by atoms with Gasteiger partial charge in [-0.05, 0) is 25.0 Å². The lowest BCUT2D eigenvalue weighted by Crippen LogP contribution is -2.51. The normalized spacial score (nSPS) is 19.3. The number of furan rings is 1. The van der Waals surface area contributed by atoms with E-state index in [1.54, 1.807) is 17.0 Å². The lowest BCUT2D eigenvalue weighted by atomic mass is 10.2. The fourth-order valence-corrected chi connectivity index (χ4v) is 3.39. The Bertz CT molecular complexity index is 515. The van der Waals surface area contributed by atoms with Crippen LogP contribution >= 0.6 is 0 Å². The largest absolute Gasteiger partial charge is 0.459 e. The van der Waals surface area contributed by atoms with E-state index in [2.05, 4.69) is 5.32 Å². The molecule has 3 rings (SSSR count). The van der Waals surface area contributed by atoms with Gasteiger partial charge in [0.2, 0.25) is 5.91 Å². The Kier molecular flexibility index (Phi) is 5.33. The number of nitrogens with zero attached hydrogens (tertiary/aromatic N) is 2. The average Bonchev–Trinajstić information content (AvgIpc) is 3.28. The van der Waals surface area contributed by atoms with E-state index in [0.29, 0.717) is 44.4 Å². The van der Waals surface area contributed by atoms with E-state index in [1.807, 2.05) is 4.90 Å². The fraction of sp³-hybridized carbons (Fsp3) is 0.647. The number of piperazine rings is 1. The minimum Gasteiger partial charge on any atom is -0.459 e. The molecule has 6 heteroatoms. The first-order valence-electron chi connectivity index (χ1n) is 8.58. The van der Waals surface area contributed by atoms with Crippen LogP contribution in [0.4, 0.5) is 0 Å². The van der Waals surface area contributed by atoms with Crippen LogP contribution in [0.15, 0.2) is 22.8 Å². The monoisotopic (exact) mass is 319 g/mol. The summed E-state index contributed by atoms with van der Waals surface area (Å²) < 4.78 is 5.14. The Balaban J connectivity index is 1.38. The summed E-state index contributed by atoms with van der Waals surface area (Å²) in [4.78, 5) is 28.0. The maximum atomic E-state index is 12.2. The van der Waals surface area contributed by atoms with Crippen LogP contribution in [-0.2, 0) is 4.79 Å². The number of carbonyl (C=O) groups is 2. The number of hydrogen-bond donors (Lipinski definition) is 1. The van der Waals surface area contributed by atoms with Crippen LogP contribution in [0, 0.1) is 0 Å². The Hall–Kier alpha value is -1.82. The molecule has 1 aliphatic carbocycles. The van der Waals surface area contributed by atoms with Gasteiger partial charge in [-0.1, -0.05) is 12.8 Å². The summed E-state index contributed by atoms with van der Waals surface area (Å²) in [6.07, 6.45) is 7.13. The highest BCUT2D eigenvalue weighted by molar-refractivity contribution is 5.91. The standard InChI is InChI=1S/C17H25N3O3/c21-16(7-8-18-14-4-1-2-5-14)19-9-11-20(12-10-19)17(22)15-6-3-13-23-15/h3,6,13-14,18H,1-2,4-5,7-12H2. The van der Waals surface area contributed by atoms with E-state index >= 15 is 0 Å². The Morgan fingerprint density at radius 1 is 1.13 bits per heavy atom. The molecule has 1 aliphatic heterocycles. The predicted molar refractivity (Wildman–Crippen MR) is 86.1 cm³/mol. The molecule has 1 aromatic rings. The van der Waals surface area contributed by atoms with Gasteiger partial charge in [0, 0.05) is 45.2 Å². The molecule has 0 aromatic carbocycles. The molecule has 0 unspecified atom stereocenters. The summed E-state index contributed by atoms with van der Waals surface area (Å²) in [5, 5.41) is 3.47. The second-order valence-corrected chi connectivity index (χ2v) is 6.34. The molecule has 23 heavy (non-hydrogen) atoms. The lowest BCUT2D eigenvalue weighted by Gasteiger charge is -2.34. The van der Waals surface area contributed by atoms with Crippen LogP contribution in [0.1, 0.15) is 42.7 Å². The molecular formula is C17H25N3O3. The lowest BCUT2D eigenvalue weighted by molar-refractivity contribution is -0.132. The average molecular weight is 319 g/mol. The van der Waals surface area contributed by atoms with Crippen LogP contribution < -0.4 is 5.32 Å². The van der Waals surface area contributed by atoms with Gasteiger partial charge < -0.3 is 19.5 Å². The van der Waals surface area contributed by atoms with Crippen LogP contribution in [0.25, 0.3) is 0 Å². The minimum atomic E-state index is -0.0926. The van der Waals surface area contributed by atoms with Gasteiger partial charge in [-0.2, -0.15) is 0 Å². The van der Waals surface area contributed by atoms with E-state index in [4.69, 9.17) is 4.42 Å². The molecule has 6 nitrogen and oxygen atoms in total. The van der Waals surface area contributed by atoms with Crippen molar-refractivity contribution in [2.75, 3.05) is 32.7 Å². The van der Waals surface area contributed by atoms with Gasteiger partial charge in [0.05, 0.1) is 6.26 Å². The van der Waals surface area contributed by atoms with Crippen LogP contribution in [0.5, 0.6) is 0 Å². The molecular weight excluding hydrogens is 294 g/mol. The summed E-state index contributed by atoms with van der Waals surface area (Å²) in [5.41, 5.74) is 0. The maximum Gasteiger partial charge on any atom is 0.289 e. The zero-order valence-corrected chi connectivity index (χ0v) is 13.5. The van der Waals surface area contributed by atoms with Crippen LogP contribution in [-0.4, -0.2) is 60.4 Å². The van der Waals surface area contributed by atoms with Crippen molar-refractivity contribution >= 4 is 11.8 Å². The molecule has 0 radical (unpaired) electrons. The SMILES string of the molecule is O=C(CCNC1CCCC1)N1CCN(C(=O)c2ccco2)CC1. The van der Waals surface area contributed by atoms with Crippen molar-refractivity contribution in [3.8, 4) is 0 Å². The van der Waals surface area contributed by atoms with E-state index in [-0.39, 0.29) is 11.8 Å². The molecule has 1 N–H and O–H groups in total. The first-order valence-corrected chi connectivity index (χ1v) is 8.58. The summed E-state index contributed by atoms with van der Waals surface area (Å²) in [7, 11) is 0. The zero-order chi connectivity index (χ0) is 16.1. The molecule has 1 saturated heterocycles. The first-order chi connectivity index (χ1) is 11.2. The van der Waals surface area contributed by atoms with E-state index < -0.39 is 0 Å². The van der Waals surface area contributed by atoms with Gasteiger partial charge in [0.15, 0.2) is 5.76 Å². The van der Waals surface area contributed by atoms with Crippen molar-refractivity contribution in [2.24, 2.45) is 0 Å². The third kappa shape index (κ3) is 4.13. The molecule has 1 saturated carbocycles. The van der Waals surface area contributed by atoms with Gasteiger partial charge in [0.1, 0.15) is 0 Å². The molecule has 0 atom stereocenters. The molecule has 2 amide bonds. The summed E-state index contributed by atoms with van der Waals surface area (Å²) in [5.74, 6) is 0.455. The topological polar surface area (TPSA) is 65.8 Å². The van der Waals surface area contributed by atoms with Crippen molar-refractivity contribution in [1.29, 1.82) is 0 Å². The molecule has 1 aromatic heterocycles. The summed E-state index contributed by atoms with van der Waals surface area (Å²) in [6, 6.07) is 3.99. The van der Waals surface area contributed by atoms with Crippen LogP contribution in [0.2, 0.25) is 0 Å². The maximum absolute atomic E-state index is 12.2. The van der Waals surface area contributed by atoms with Crippen molar-refractivity contribution in [2.45, 2.75) is 38.1 Å². The number of hydrogen-bond acceptors (Lipinski definition) is 4. The molecule has 2 aliphatic rings. The highest BCUT2D eigenvalue weighted by Crippen LogP contribution is 2.17. The Morgan fingerprint density at radius 2 is 1.83 bits per heavy atom. The van der Waals surface area contributed by atoms with Gasteiger partial charge in [0.25, 0.3) is 5.91 Å². The van der Waals surface area contributed by atoms with Crippen molar-refractivity contribution in [1.82, 2.24) is 15.1 Å². The van der Waals surface area contributed by atoms with Gasteiger partial charge in [-0.15, -0.1) is 0 Å². The molecule has 0 spiro atoms. The minimum absolute atomic E-state index is 0.0926. The third-order valence-corrected chi connectivity index (χ3v) is 4.78. The molecule has 126 valence electrons. The number of rotatable bonds is 5. The predicted octanol–water partition coefficient (Wildman–Crippen LogP) is 1.49. The van der Waals surface area contributed by atoms with E-state index in [0.717, 1.165) is 6.54 Å². The second-order valence-electron chi connectivity index (χ2n) is 6.34. The highest BCUT2D eigenvalue weighted by atomic mass is 16.3. The van der Waals surface area contributed by atoms with Gasteiger partial charge >= 0.3 is 0 Å². The highest BCUT2D eigenvalue weighted by Gasteiger charge is 2.26. The van der Waals surface area contributed by atoms with E-state index in [9.17, 15) is 9.59 Å². The van der Waals surface area contributed by atoms with Gasteiger partial charge in [-0.25, -0.2) is 0 Å². The Labute approximate surface area is 136 Å². The molecule has 2 heterocycles. The number of nitrogens with one attached hydrogen (secondary N) is 1. The van der Waals surface area contributed by atoms with Crippen molar-refractivity contribution in [3.63, 3.8) is 0 Å². The molecule has 0 bridgehead atoms. The van der Waals surface area contributed by atoms with Crippen LogP contribution in [0.3, 0.4) is 0 Å². The van der Waals surface area contributed by atoms with E-state index in [1.165, 1.54) is 31.9 Å². The summed E-state index contributed by atoms with van der Waals surface area (Å²) >= 11 is 0. The Morgan fingerprint density at radius 3 is 2.48 bits per heavy atom. The quantitative estimate of drug-likeness (QED) is 0.893. The smallest absolute Gasteiger partial charge is 0.289 e. The number of carbonyl (C=O) groups excluding carboxylic acids is 2. The third-order valence-electron chi connectivity index (χ3n) is 4.78. The number of amides is 2. The van der Waals surface area contributed by atoms with Crippen molar-refractivity contribution in [3.05, 3.63) is 24.2 Å². The zero-order valence-electron chi connectivity index (χ0n) is 13.5. The van der Waals surface area contributed by atoms with Gasteiger partial charge in [-0.3, -0.25) is 9.59 Å².